The molecule has 0 saturated heterocycles. The molecule has 0 aliphatic heterocycles. The molecule has 0 unspecified atom stereocenters. The Morgan fingerprint density at radius 2 is 2.55 bits per heavy atom. The van der Waals surface area contributed by atoms with Crippen molar-refractivity contribution in [3.8, 4) is 0 Å². The Hall–Kier alpha value is -1.29. The molecule has 0 atom stereocenters. The Kier molecular flexibility index (Phi) is 2.68. The average molecular weight is 152 g/mol. The summed E-state index contributed by atoms with van der Waals surface area (Å²) < 4.78 is 0. The van der Waals surface area contributed by atoms with Crippen LogP contribution in [0.25, 0.3) is 0 Å². The van der Waals surface area contributed by atoms with E-state index >= 15 is 0 Å². The van der Waals surface area contributed by atoms with Gasteiger partial charge in [0.1, 0.15) is 6.33 Å². The monoisotopic (exact) mass is 152 g/mol. The number of amides is 1. The van der Waals surface area contributed by atoms with E-state index in [0.717, 1.165) is 0 Å². The minimum absolute atomic E-state index is 0.0868. The fraction of sp³-hybridized carbons (Fsp3) is 0.286. The van der Waals surface area contributed by atoms with Gasteiger partial charge in [0.15, 0.2) is 0 Å². The molecule has 0 fully saturated rings. The Balaban J connectivity index is 2.58. The number of rotatable bonds is 2. The van der Waals surface area contributed by atoms with E-state index in [1.807, 2.05) is 6.92 Å². The maximum absolute atomic E-state index is 10.9. The Labute approximate surface area is 64.7 Å². The molecule has 0 spiro atoms. The molecule has 4 nitrogen and oxygen atoms in total. The number of nitrogens with two attached hydrogens (primary N) is 1. The van der Waals surface area contributed by atoms with Crippen molar-refractivity contribution in [2.45, 2.75) is 13.3 Å². The van der Waals surface area contributed by atoms with Gasteiger partial charge < -0.3 is 0 Å². The molecule has 58 valence electrons. The van der Waals surface area contributed by atoms with Crippen LogP contribution in [0.3, 0.4) is 0 Å². The topological polar surface area (TPSA) is 59.5 Å². The molecule has 1 heterocycles. The van der Waals surface area contributed by atoms with Gasteiger partial charge in [0, 0.05) is 12.3 Å². The van der Waals surface area contributed by atoms with Gasteiger partial charge in [-0.2, -0.15) is 4.98 Å². The van der Waals surface area contributed by atoms with E-state index < -0.39 is 0 Å². The van der Waals surface area contributed by atoms with Gasteiger partial charge in [0.25, 0.3) is 0 Å². The maximum atomic E-state index is 10.9. The van der Waals surface area contributed by atoms with E-state index in [-0.39, 0.29) is 5.91 Å². The van der Waals surface area contributed by atoms with Crippen molar-refractivity contribution in [2.24, 2.45) is 0 Å². The number of carbonyl (C=O) groups excluding carboxylic acids is 1. The van der Waals surface area contributed by atoms with E-state index in [1.165, 1.54) is 11.6 Å². The van der Waals surface area contributed by atoms with Gasteiger partial charge in [0.2, 0.25) is 5.82 Å². The van der Waals surface area contributed by atoms with E-state index in [4.69, 9.17) is 0 Å². The fourth-order valence-corrected chi connectivity index (χ4v) is 0.653. The number of quaternary nitrogens is 1. The summed E-state index contributed by atoms with van der Waals surface area (Å²) in [6.07, 6.45) is 3.56. The molecular formula is C7H10N3O+. The van der Waals surface area contributed by atoms with E-state index in [1.54, 1.807) is 12.3 Å². The minimum atomic E-state index is 0.0868. The highest BCUT2D eigenvalue weighted by molar-refractivity contribution is 5.66. The molecule has 0 aromatic carbocycles. The molecule has 2 N–H and O–H groups in total. The van der Waals surface area contributed by atoms with Crippen LogP contribution in [0.1, 0.15) is 13.3 Å². The van der Waals surface area contributed by atoms with E-state index in [0.29, 0.717) is 12.2 Å². The standard InChI is InChI=1S/C7H9N3O/c1-2-7(11)10-6-3-4-8-5-9-6/h3-5H,2H2,1H3,(H,8,9,10,11)/p+1. The summed E-state index contributed by atoms with van der Waals surface area (Å²) in [5, 5.41) is 1.52. The zero-order valence-electron chi connectivity index (χ0n) is 6.32. The largest absolute Gasteiger partial charge is 0.316 e. The fourth-order valence-electron chi connectivity index (χ4n) is 0.653. The molecule has 1 amide bonds. The normalized spacial score (nSPS) is 9.55. The van der Waals surface area contributed by atoms with Crippen LogP contribution in [0.4, 0.5) is 5.82 Å². The molecular weight excluding hydrogens is 142 g/mol. The van der Waals surface area contributed by atoms with Crippen molar-refractivity contribution < 1.29 is 10.1 Å². The van der Waals surface area contributed by atoms with Crippen molar-refractivity contribution >= 4 is 11.7 Å². The third-order valence-corrected chi connectivity index (χ3v) is 1.26. The second kappa shape index (κ2) is 3.78. The predicted octanol–water partition coefficient (Wildman–Crippen LogP) is -0.392. The number of hydrogen-bond acceptors (Lipinski definition) is 3. The Morgan fingerprint density at radius 1 is 1.73 bits per heavy atom. The van der Waals surface area contributed by atoms with Gasteiger partial charge in [-0.25, -0.2) is 15.1 Å². The molecule has 1 rings (SSSR count). The lowest BCUT2D eigenvalue weighted by Gasteiger charge is -1.92. The van der Waals surface area contributed by atoms with Crippen molar-refractivity contribution in [1.82, 2.24) is 9.97 Å². The highest BCUT2D eigenvalue weighted by atomic mass is 16.1. The van der Waals surface area contributed by atoms with Crippen molar-refractivity contribution in [3.05, 3.63) is 18.6 Å². The zero-order chi connectivity index (χ0) is 8.10. The third kappa shape index (κ3) is 2.43. The van der Waals surface area contributed by atoms with Crippen LogP contribution in [0.15, 0.2) is 18.6 Å². The number of hydrogen-bond donors (Lipinski definition) is 1. The van der Waals surface area contributed by atoms with Crippen molar-refractivity contribution in [3.63, 3.8) is 0 Å². The molecule has 0 bridgehead atoms. The second-order valence-corrected chi connectivity index (χ2v) is 2.10. The average Bonchev–Trinajstić information content (AvgIpc) is 2.06. The summed E-state index contributed by atoms with van der Waals surface area (Å²) in [5.41, 5.74) is 0. The van der Waals surface area contributed by atoms with Crippen molar-refractivity contribution in [2.75, 3.05) is 0 Å². The molecule has 1 aromatic rings. The quantitative estimate of drug-likeness (QED) is 0.627. The van der Waals surface area contributed by atoms with Crippen LogP contribution in [-0.4, -0.2) is 15.9 Å². The van der Waals surface area contributed by atoms with Gasteiger partial charge in [-0.1, -0.05) is 6.92 Å². The summed E-state index contributed by atoms with van der Waals surface area (Å²) in [5.74, 6) is 0.760. The first-order valence-electron chi connectivity index (χ1n) is 3.46. The molecule has 0 aliphatic carbocycles. The number of primary amides is 1. The lowest BCUT2D eigenvalue weighted by molar-refractivity contribution is -0.487. The van der Waals surface area contributed by atoms with E-state index in [9.17, 15) is 4.79 Å². The smallest absolute Gasteiger partial charge is 0.244 e. The molecule has 11 heavy (non-hydrogen) atoms. The number of aromatic nitrogens is 2. The van der Waals surface area contributed by atoms with Gasteiger partial charge in [-0.3, -0.25) is 0 Å². The lowest BCUT2D eigenvalue weighted by atomic mass is 10.4. The molecule has 0 saturated carbocycles. The highest BCUT2D eigenvalue weighted by Gasteiger charge is 2.03. The number of nitrogens with zero attached hydrogens (tertiary/aromatic N) is 2. The van der Waals surface area contributed by atoms with Crippen LogP contribution in [-0.2, 0) is 4.79 Å². The van der Waals surface area contributed by atoms with Crippen LogP contribution in [0, 0.1) is 0 Å². The van der Waals surface area contributed by atoms with Gasteiger partial charge >= 0.3 is 5.91 Å². The summed E-state index contributed by atoms with van der Waals surface area (Å²) in [7, 11) is 0. The first-order valence-corrected chi connectivity index (χ1v) is 3.46. The number of carbonyl (C=O) groups is 1. The minimum Gasteiger partial charge on any atom is -0.244 e. The third-order valence-electron chi connectivity index (χ3n) is 1.26. The van der Waals surface area contributed by atoms with Crippen LogP contribution >= 0.6 is 0 Å². The molecule has 0 radical (unpaired) electrons. The van der Waals surface area contributed by atoms with Gasteiger partial charge in [-0.15, -0.1) is 0 Å². The maximum Gasteiger partial charge on any atom is 0.316 e. The van der Waals surface area contributed by atoms with E-state index in [2.05, 4.69) is 9.97 Å². The second-order valence-electron chi connectivity index (χ2n) is 2.10. The first kappa shape index (κ1) is 7.81. The van der Waals surface area contributed by atoms with Crippen LogP contribution < -0.4 is 5.32 Å². The first-order chi connectivity index (χ1) is 5.33. The van der Waals surface area contributed by atoms with Crippen LogP contribution in [0.2, 0.25) is 0 Å². The van der Waals surface area contributed by atoms with Gasteiger partial charge in [-0.05, 0) is 0 Å². The predicted molar refractivity (Wildman–Crippen MR) is 38.9 cm³/mol. The summed E-state index contributed by atoms with van der Waals surface area (Å²) >= 11 is 0. The molecule has 4 heteroatoms. The zero-order valence-corrected chi connectivity index (χ0v) is 6.32. The summed E-state index contributed by atoms with van der Waals surface area (Å²) in [6.45, 7) is 1.82. The lowest BCUT2D eigenvalue weighted by Crippen LogP contribution is -2.82. The van der Waals surface area contributed by atoms with Gasteiger partial charge in [0.05, 0.1) is 6.42 Å². The van der Waals surface area contributed by atoms with Crippen molar-refractivity contribution in [1.29, 1.82) is 0 Å². The summed E-state index contributed by atoms with van der Waals surface area (Å²) in [4.78, 5) is 18.5. The Morgan fingerprint density at radius 3 is 3.09 bits per heavy atom. The molecule has 0 aliphatic rings. The highest BCUT2D eigenvalue weighted by Crippen LogP contribution is 1.86. The molecule has 1 aromatic heterocycles. The Bertz CT molecular complexity index is 235. The summed E-state index contributed by atoms with van der Waals surface area (Å²) in [6, 6.07) is 1.70. The van der Waals surface area contributed by atoms with Crippen LogP contribution in [0.5, 0.6) is 0 Å². The SMILES string of the molecule is CCC(=O)[NH2+]c1ccncn1.